The van der Waals surface area contributed by atoms with Gasteiger partial charge in [0.05, 0.1) is 12.3 Å². The molecule has 0 N–H and O–H groups in total. The highest BCUT2D eigenvalue weighted by Gasteiger charge is 2.23. The Morgan fingerprint density at radius 3 is 2.20 bits per heavy atom. The van der Waals surface area contributed by atoms with Crippen molar-refractivity contribution in [2.75, 3.05) is 37.7 Å². The van der Waals surface area contributed by atoms with Crippen molar-refractivity contribution in [3.63, 3.8) is 0 Å². The normalized spacial score (nSPS) is 13.9. The maximum absolute atomic E-state index is 12.7. The Bertz CT molecular complexity index is 977. The molecule has 0 bridgehead atoms. The molecule has 1 saturated heterocycles. The highest BCUT2D eigenvalue weighted by atomic mass is 16.5. The van der Waals surface area contributed by atoms with Crippen LogP contribution in [0.15, 0.2) is 60.7 Å². The Kier molecular flexibility index (Phi) is 5.93. The van der Waals surface area contributed by atoms with Gasteiger partial charge in [-0.25, -0.2) is 0 Å². The van der Waals surface area contributed by atoms with E-state index in [0.29, 0.717) is 19.7 Å². The Labute approximate surface area is 177 Å². The summed E-state index contributed by atoms with van der Waals surface area (Å²) in [5.74, 6) is 1.78. The van der Waals surface area contributed by atoms with E-state index in [-0.39, 0.29) is 5.91 Å². The summed E-state index contributed by atoms with van der Waals surface area (Å²) in [5, 5.41) is 8.81. The van der Waals surface area contributed by atoms with Crippen molar-refractivity contribution in [3.05, 3.63) is 71.8 Å². The molecule has 1 aromatic heterocycles. The van der Waals surface area contributed by atoms with Gasteiger partial charge in [0.2, 0.25) is 0 Å². The van der Waals surface area contributed by atoms with Crippen LogP contribution >= 0.6 is 0 Å². The quantitative estimate of drug-likeness (QED) is 0.649. The predicted octanol–water partition coefficient (Wildman–Crippen LogP) is 3.81. The van der Waals surface area contributed by atoms with E-state index in [1.54, 1.807) is 0 Å². The van der Waals surface area contributed by atoms with Crippen molar-refractivity contribution in [1.29, 1.82) is 0 Å². The van der Waals surface area contributed by atoms with Crippen molar-refractivity contribution >= 4 is 11.7 Å². The number of amides is 1. The minimum atomic E-state index is 0.0894. The molecule has 4 rings (SSSR count). The van der Waals surface area contributed by atoms with Crippen LogP contribution in [-0.4, -0.2) is 53.8 Å². The zero-order chi connectivity index (χ0) is 20.9. The number of rotatable bonds is 5. The van der Waals surface area contributed by atoms with Crippen molar-refractivity contribution in [1.82, 2.24) is 15.1 Å². The molecular weight excluding hydrogens is 376 g/mol. The van der Waals surface area contributed by atoms with E-state index in [4.69, 9.17) is 4.74 Å². The van der Waals surface area contributed by atoms with Gasteiger partial charge in [0.1, 0.15) is 5.75 Å². The zero-order valence-corrected chi connectivity index (χ0v) is 17.4. The number of carbonyl (C=O) groups is 1. The standard InChI is InChI=1S/C24H26N4O2/c1-3-30-21-10-8-19(9-11-21)22-12-13-23(26-25-22)27-14-16-28(17-15-27)24(29)20-6-4-18(2)5-7-20/h4-13H,3,14-17H2,1-2H3. The summed E-state index contributed by atoms with van der Waals surface area (Å²) in [5.41, 5.74) is 3.73. The second-order valence-corrected chi connectivity index (χ2v) is 7.38. The lowest BCUT2D eigenvalue weighted by Gasteiger charge is -2.35. The van der Waals surface area contributed by atoms with E-state index in [9.17, 15) is 4.79 Å². The molecule has 0 aliphatic carbocycles. The average Bonchev–Trinajstić information content (AvgIpc) is 2.80. The Morgan fingerprint density at radius 2 is 1.60 bits per heavy atom. The van der Waals surface area contributed by atoms with Gasteiger partial charge in [-0.15, -0.1) is 10.2 Å². The molecule has 1 fully saturated rings. The summed E-state index contributed by atoms with van der Waals surface area (Å²) in [6.45, 7) is 7.48. The lowest BCUT2D eigenvalue weighted by Crippen LogP contribution is -2.49. The first-order valence-electron chi connectivity index (χ1n) is 10.3. The lowest BCUT2D eigenvalue weighted by molar-refractivity contribution is 0.0746. The van der Waals surface area contributed by atoms with Crippen LogP contribution in [0.3, 0.4) is 0 Å². The van der Waals surface area contributed by atoms with E-state index in [0.717, 1.165) is 47.0 Å². The molecule has 1 amide bonds. The molecular formula is C24H26N4O2. The Morgan fingerprint density at radius 1 is 0.900 bits per heavy atom. The van der Waals surface area contributed by atoms with E-state index in [1.807, 2.05) is 79.4 Å². The van der Waals surface area contributed by atoms with Crippen LogP contribution in [0.2, 0.25) is 0 Å². The molecule has 0 radical (unpaired) electrons. The second kappa shape index (κ2) is 8.95. The van der Waals surface area contributed by atoms with Crippen LogP contribution < -0.4 is 9.64 Å². The van der Waals surface area contributed by atoms with Crippen LogP contribution in [0.5, 0.6) is 5.75 Å². The van der Waals surface area contributed by atoms with Crippen molar-refractivity contribution < 1.29 is 9.53 Å². The number of benzene rings is 2. The van der Waals surface area contributed by atoms with Gasteiger partial charge in [-0.1, -0.05) is 17.7 Å². The monoisotopic (exact) mass is 402 g/mol. The van der Waals surface area contributed by atoms with Crippen LogP contribution in [0.1, 0.15) is 22.8 Å². The van der Waals surface area contributed by atoms with Crippen molar-refractivity contribution in [2.24, 2.45) is 0 Å². The number of anilines is 1. The molecule has 0 spiro atoms. The predicted molar refractivity (Wildman–Crippen MR) is 118 cm³/mol. The van der Waals surface area contributed by atoms with Crippen LogP contribution in [0.25, 0.3) is 11.3 Å². The highest BCUT2D eigenvalue weighted by molar-refractivity contribution is 5.94. The first-order chi connectivity index (χ1) is 14.6. The third-order valence-corrected chi connectivity index (χ3v) is 5.30. The van der Waals surface area contributed by atoms with Gasteiger partial charge >= 0.3 is 0 Å². The van der Waals surface area contributed by atoms with Gasteiger partial charge in [-0.05, 0) is 62.4 Å². The van der Waals surface area contributed by atoms with E-state index < -0.39 is 0 Å². The van der Waals surface area contributed by atoms with Gasteiger partial charge in [0, 0.05) is 37.3 Å². The molecule has 6 heteroatoms. The number of aryl methyl sites for hydroxylation is 1. The smallest absolute Gasteiger partial charge is 0.253 e. The SMILES string of the molecule is CCOc1ccc(-c2ccc(N3CCN(C(=O)c4ccc(C)cc4)CC3)nn2)cc1. The molecule has 1 aliphatic heterocycles. The van der Waals surface area contributed by atoms with E-state index >= 15 is 0 Å². The van der Waals surface area contributed by atoms with Crippen molar-refractivity contribution in [2.45, 2.75) is 13.8 Å². The van der Waals surface area contributed by atoms with E-state index in [2.05, 4.69) is 15.1 Å². The fourth-order valence-corrected chi connectivity index (χ4v) is 3.55. The number of piperazine rings is 1. The highest BCUT2D eigenvalue weighted by Crippen LogP contribution is 2.22. The van der Waals surface area contributed by atoms with Gasteiger partial charge in [0.25, 0.3) is 5.91 Å². The summed E-state index contributed by atoms with van der Waals surface area (Å²) < 4.78 is 5.48. The number of carbonyl (C=O) groups excluding carboxylic acids is 1. The minimum Gasteiger partial charge on any atom is -0.494 e. The molecule has 3 aromatic rings. The molecule has 6 nitrogen and oxygen atoms in total. The number of nitrogens with zero attached hydrogens (tertiary/aromatic N) is 4. The third-order valence-electron chi connectivity index (χ3n) is 5.30. The van der Waals surface area contributed by atoms with E-state index in [1.165, 1.54) is 0 Å². The Hall–Kier alpha value is -3.41. The second-order valence-electron chi connectivity index (χ2n) is 7.38. The van der Waals surface area contributed by atoms with Crippen molar-refractivity contribution in [3.8, 4) is 17.0 Å². The molecule has 30 heavy (non-hydrogen) atoms. The molecule has 0 unspecified atom stereocenters. The molecule has 2 aromatic carbocycles. The maximum atomic E-state index is 12.7. The summed E-state index contributed by atoms with van der Waals surface area (Å²) in [6, 6.07) is 19.6. The largest absolute Gasteiger partial charge is 0.494 e. The average molecular weight is 402 g/mol. The van der Waals surface area contributed by atoms with Crippen LogP contribution in [0.4, 0.5) is 5.82 Å². The first kappa shape index (κ1) is 19.9. The third kappa shape index (κ3) is 4.43. The lowest BCUT2D eigenvalue weighted by atomic mass is 10.1. The van der Waals surface area contributed by atoms with Gasteiger partial charge in [-0.3, -0.25) is 4.79 Å². The minimum absolute atomic E-state index is 0.0894. The number of aromatic nitrogens is 2. The number of hydrogen-bond donors (Lipinski definition) is 0. The van der Waals surface area contributed by atoms with Gasteiger partial charge in [-0.2, -0.15) is 0 Å². The Balaban J connectivity index is 1.36. The summed E-state index contributed by atoms with van der Waals surface area (Å²) in [7, 11) is 0. The van der Waals surface area contributed by atoms with Gasteiger partial charge in [0.15, 0.2) is 5.82 Å². The zero-order valence-electron chi connectivity index (χ0n) is 17.4. The molecule has 2 heterocycles. The molecule has 0 saturated carbocycles. The first-order valence-corrected chi connectivity index (χ1v) is 10.3. The summed E-state index contributed by atoms with van der Waals surface area (Å²) >= 11 is 0. The summed E-state index contributed by atoms with van der Waals surface area (Å²) in [4.78, 5) is 16.8. The van der Waals surface area contributed by atoms with Crippen LogP contribution in [0, 0.1) is 6.92 Å². The van der Waals surface area contributed by atoms with Gasteiger partial charge < -0.3 is 14.5 Å². The molecule has 154 valence electrons. The number of hydrogen-bond acceptors (Lipinski definition) is 5. The molecule has 1 aliphatic rings. The maximum Gasteiger partial charge on any atom is 0.253 e. The fraction of sp³-hybridized carbons (Fsp3) is 0.292. The topological polar surface area (TPSA) is 58.6 Å². The summed E-state index contributed by atoms with van der Waals surface area (Å²) in [6.07, 6.45) is 0. The molecule has 0 atom stereocenters. The number of ether oxygens (including phenoxy) is 1. The fourth-order valence-electron chi connectivity index (χ4n) is 3.55. The van der Waals surface area contributed by atoms with Crippen LogP contribution in [-0.2, 0) is 0 Å².